The van der Waals surface area contributed by atoms with E-state index in [0.717, 1.165) is 12.2 Å². The summed E-state index contributed by atoms with van der Waals surface area (Å²) in [5.74, 6) is -0.643. The van der Waals surface area contributed by atoms with Gasteiger partial charge in [-0.1, -0.05) is 13.8 Å². The fourth-order valence-corrected chi connectivity index (χ4v) is 1.82. The van der Waals surface area contributed by atoms with Crippen LogP contribution in [0.2, 0.25) is 0 Å². The summed E-state index contributed by atoms with van der Waals surface area (Å²) >= 11 is 4.88. The Bertz CT molecular complexity index is 701. The fraction of sp³-hybridized carbons (Fsp3) is 0.333. The predicted octanol–water partition coefficient (Wildman–Crippen LogP) is 1.48. The Balaban J connectivity index is 2.41. The molecule has 0 unspecified atom stereocenters. The lowest BCUT2D eigenvalue weighted by Crippen LogP contribution is -2.48. The van der Waals surface area contributed by atoms with Gasteiger partial charge in [0.05, 0.1) is 13.2 Å². The van der Waals surface area contributed by atoms with Gasteiger partial charge in [-0.05, 0) is 49.3 Å². The summed E-state index contributed by atoms with van der Waals surface area (Å²) in [5, 5.41) is 2.15. The summed E-state index contributed by atoms with van der Waals surface area (Å²) in [6, 6.07) is 6.60. The first kappa shape index (κ1) is 22.1. The fourth-order valence-electron chi connectivity index (χ4n) is 1.67. The van der Waals surface area contributed by atoms with Crippen molar-refractivity contribution in [2.24, 2.45) is 5.92 Å². The number of carbonyl (C=O) groups is 3. The quantitative estimate of drug-likeness (QED) is 0.279. The van der Waals surface area contributed by atoms with Crippen LogP contribution in [0, 0.1) is 5.92 Å². The van der Waals surface area contributed by atoms with E-state index in [0.29, 0.717) is 23.8 Å². The minimum absolute atomic E-state index is 0.126. The molecule has 0 fully saturated rings. The Morgan fingerprint density at radius 3 is 2.37 bits per heavy atom. The van der Waals surface area contributed by atoms with Gasteiger partial charge in [-0.2, -0.15) is 0 Å². The highest BCUT2D eigenvalue weighted by Crippen LogP contribution is 2.13. The minimum atomic E-state index is -0.638. The summed E-state index contributed by atoms with van der Waals surface area (Å²) in [6.07, 6.45) is 1.95. The van der Waals surface area contributed by atoms with Crippen molar-refractivity contribution in [3.63, 3.8) is 0 Å². The van der Waals surface area contributed by atoms with Gasteiger partial charge >= 0.3 is 5.97 Å². The second-order valence-corrected chi connectivity index (χ2v) is 6.12. The summed E-state index contributed by atoms with van der Waals surface area (Å²) in [4.78, 5) is 34.7. The van der Waals surface area contributed by atoms with E-state index in [4.69, 9.17) is 17.0 Å². The molecule has 146 valence electrons. The molecule has 0 aromatic heterocycles. The van der Waals surface area contributed by atoms with E-state index >= 15 is 0 Å². The van der Waals surface area contributed by atoms with Crippen molar-refractivity contribution >= 4 is 35.1 Å². The lowest BCUT2D eigenvalue weighted by molar-refractivity contribution is -0.137. The molecule has 1 aromatic rings. The van der Waals surface area contributed by atoms with Crippen LogP contribution in [0.1, 0.15) is 31.1 Å². The standard InChI is InChI=1S/C18H23N3O5S/c1-4-25-16(23)10-9-15(22)19-18(27)21-20-17(24)13-5-7-14(8-6-13)26-11-12(2)3/h5-10,12H,4,11H2,1-3H3,(H,20,24)(H2,19,21,22,27)/b10-9+. The van der Waals surface area contributed by atoms with Gasteiger partial charge in [-0.3, -0.25) is 25.8 Å². The van der Waals surface area contributed by atoms with Gasteiger partial charge in [0.2, 0.25) is 5.91 Å². The van der Waals surface area contributed by atoms with E-state index in [-0.39, 0.29) is 11.7 Å². The molecule has 0 spiro atoms. The highest BCUT2D eigenvalue weighted by atomic mass is 32.1. The van der Waals surface area contributed by atoms with Crippen molar-refractivity contribution in [1.29, 1.82) is 0 Å². The number of hydrogen-bond acceptors (Lipinski definition) is 6. The molecule has 0 aliphatic heterocycles. The SMILES string of the molecule is CCOC(=O)/C=C/C(=O)NC(=S)NNC(=O)c1ccc(OCC(C)C)cc1. The number of hydrogen-bond donors (Lipinski definition) is 3. The minimum Gasteiger partial charge on any atom is -0.493 e. The number of nitrogens with one attached hydrogen (secondary N) is 3. The molecular weight excluding hydrogens is 370 g/mol. The Kier molecular flexibility index (Phi) is 9.52. The molecule has 8 nitrogen and oxygen atoms in total. The normalized spacial score (nSPS) is 10.4. The Hall–Kier alpha value is -2.94. The van der Waals surface area contributed by atoms with Crippen LogP contribution in [0.5, 0.6) is 5.75 Å². The number of hydrazine groups is 1. The van der Waals surface area contributed by atoms with Crippen LogP contribution in [0.3, 0.4) is 0 Å². The largest absolute Gasteiger partial charge is 0.493 e. The number of amides is 2. The zero-order chi connectivity index (χ0) is 20.2. The molecule has 0 heterocycles. The molecule has 1 aromatic carbocycles. The molecule has 27 heavy (non-hydrogen) atoms. The van der Waals surface area contributed by atoms with Gasteiger partial charge in [0, 0.05) is 17.7 Å². The number of thiocarbonyl (C=S) groups is 1. The van der Waals surface area contributed by atoms with Crippen molar-refractivity contribution in [3.05, 3.63) is 42.0 Å². The first-order valence-corrected chi connectivity index (χ1v) is 8.71. The first-order valence-electron chi connectivity index (χ1n) is 8.30. The van der Waals surface area contributed by atoms with Crippen molar-refractivity contribution in [2.45, 2.75) is 20.8 Å². The number of rotatable bonds is 7. The second-order valence-electron chi connectivity index (χ2n) is 5.71. The molecular formula is C18H23N3O5S. The summed E-state index contributed by atoms with van der Waals surface area (Å²) in [6.45, 7) is 6.54. The maximum Gasteiger partial charge on any atom is 0.330 e. The lowest BCUT2D eigenvalue weighted by atomic mass is 10.2. The van der Waals surface area contributed by atoms with Crippen LogP contribution < -0.4 is 20.9 Å². The summed E-state index contributed by atoms with van der Waals surface area (Å²) < 4.78 is 10.2. The van der Waals surface area contributed by atoms with E-state index in [9.17, 15) is 14.4 Å². The molecule has 0 bridgehead atoms. The molecule has 0 aliphatic carbocycles. The number of esters is 1. The van der Waals surface area contributed by atoms with Gasteiger partial charge in [-0.25, -0.2) is 4.79 Å². The van der Waals surface area contributed by atoms with Crippen LogP contribution in [-0.2, 0) is 14.3 Å². The Morgan fingerprint density at radius 2 is 1.78 bits per heavy atom. The molecule has 1 rings (SSSR count). The molecule has 9 heteroatoms. The van der Waals surface area contributed by atoms with Gasteiger partial charge in [0.15, 0.2) is 5.11 Å². The molecule has 0 aliphatic rings. The lowest BCUT2D eigenvalue weighted by Gasteiger charge is -2.11. The third-order valence-corrected chi connectivity index (χ3v) is 3.09. The van der Waals surface area contributed by atoms with Gasteiger partial charge in [-0.15, -0.1) is 0 Å². The topological polar surface area (TPSA) is 106 Å². The Morgan fingerprint density at radius 1 is 1.11 bits per heavy atom. The zero-order valence-electron chi connectivity index (χ0n) is 15.4. The third kappa shape index (κ3) is 9.36. The van der Waals surface area contributed by atoms with Crippen LogP contribution in [-0.4, -0.2) is 36.1 Å². The van der Waals surface area contributed by atoms with Crippen molar-refractivity contribution in [1.82, 2.24) is 16.2 Å². The molecule has 0 atom stereocenters. The van der Waals surface area contributed by atoms with E-state index in [1.807, 2.05) is 13.8 Å². The van der Waals surface area contributed by atoms with Gasteiger partial charge < -0.3 is 9.47 Å². The highest BCUT2D eigenvalue weighted by molar-refractivity contribution is 7.80. The van der Waals surface area contributed by atoms with E-state index in [2.05, 4.69) is 20.9 Å². The smallest absolute Gasteiger partial charge is 0.330 e. The van der Waals surface area contributed by atoms with Crippen LogP contribution in [0.4, 0.5) is 0 Å². The van der Waals surface area contributed by atoms with E-state index in [1.54, 1.807) is 31.2 Å². The molecule has 0 saturated heterocycles. The Labute approximate surface area is 163 Å². The van der Waals surface area contributed by atoms with Crippen molar-refractivity contribution in [2.75, 3.05) is 13.2 Å². The molecule has 0 radical (unpaired) electrons. The molecule has 0 saturated carbocycles. The monoisotopic (exact) mass is 393 g/mol. The maximum absolute atomic E-state index is 12.0. The average molecular weight is 393 g/mol. The first-order chi connectivity index (χ1) is 12.8. The molecule has 2 amide bonds. The maximum atomic E-state index is 12.0. The van der Waals surface area contributed by atoms with Crippen LogP contribution >= 0.6 is 12.2 Å². The summed E-state index contributed by atoms with van der Waals surface area (Å²) in [7, 11) is 0. The highest BCUT2D eigenvalue weighted by Gasteiger charge is 2.08. The number of benzene rings is 1. The number of carbonyl (C=O) groups excluding carboxylic acids is 3. The van der Waals surface area contributed by atoms with Crippen LogP contribution in [0.15, 0.2) is 36.4 Å². The van der Waals surface area contributed by atoms with Crippen molar-refractivity contribution in [3.8, 4) is 5.75 Å². The third-order valence-electron chi connectivity index (χ3n) is 2.88. The second kappa shape index (κ2) is 11.6. The van der Waals surface area contributed by atoms with Crippen molar-refractivity contribution < 1.29 is 23.9 Å². The average Bonchev–Trinajstić information content (AvgIpc) is 2.63. The summed E-state index contributed by atoms with van der Waals surface area (Å²) in [5.41, 5.74) is 5.14. The number of ether oxygens (including phenoxy) is 2. The zero-order valence-corrected chi connectivity index (χ0v) is 16.2. The molecule has 3 N–H and O–H groups in total. The van der Waals surface area contributed by atoms with Crippen LogP contribution in [0.25, 0.3) is 0 Å². The predicted molar refractivity (Wildman–Crippen MR) is 104 cm³/mol. The van der Waals surface area contributed by atoms with E-state index in [1.165, 1.54) is 0 Å². The van der Waals surface area contributed by atoms with Gasteiger partial charge in [0.1, 0.15) is 5.75 Å². The van der Waals surface area contributed by atoms with E-state index < -0.39 is 17.8 Å². The van der Waals surface area contributed by atoms with Gasteiger partial charge in [0.25, 0.3) is 5.91 Å².